The highest BCUT2D eigenvalue weighted by atomic mass is 16.5. The first-order valence-corrected chi connectivity index (χ1v) is 7.22. The average molecular weight is 276 g/mol. The number of amides is 1. The number of aryl methyl sites for hydroxylation is 1. The number of likely N-dealkylation sites (N-methyl/N-ethyl adjacent to an activating group) is 1. The molecule has 0 radical (unpaired) electrons. The van der Waals surface area contributed by atoms with Crippen molar-refractivity contribution in [2.45, 2.75) is 32.4 Å². The highest BCUT2D eigenvalue weighted by Crippen LogP contribution is 2.11. The lowest BCUT2D eigenvalue weighted by Gasteiger charge is -2.31. The molecule has 110 valence electrons. The Kier molecular flexibility index (Phi) is 5.15. The molecule has 2 rings (SSSR count). The predicted octanol–water partition coefficient (Wildman–Crippen LogP) is 1.37. The molecule has 2 unspecified atom stereocenters. The Labute approximate surface area is 121 Å². The number of hydrogen-bond donors (Lipinski definition) is 1. The van der Waals surface area contributed by atoms with Gasteiger partial charge in [0, 0.05) is 26.2 Å². The zero-order valence-electron chi connectivity index (χ0n) is 12.6. The molecular weight excluding hydrogens is 252 g/mol. The molecule has 20 heavy (non-hydrogen) atoms. The van der Waals surface area contributed by atoms with E-state index in [2.05, 4.69) is 43.4 Å². The van der Waals surface area contributed by atoms with Crippen molar-refractivity contribution in [3.8, 4) is 0 Å². The van der Waals surface area contributed by atoms with Crippen LogP contribution in [-0.2, 0) is 16.0 Å². The minimum atomic E-state index is -0.339. The Bertz CT molecular complexity index is 438. The van der Waals surface area contributed by atoms with Gasteiger partial charge in [-0.3, -0.25) is 4.79 Å². The second-order valence-electron chi connectivity index (χ2n) is 5.55. The summed E-state index contributed by atoms with van der Waals surface area (Å²) in [5.41, 5.74) is 2.51. The fraction of sp³-hybridized carbons (Fsp3) is 0.562. The molecule has 0 aliphatic carbocycles. The summed E-state index contributed by atoms with van der Waals surface area (Å²) < 4.78 is 5.52. The van der Waals surface area contributed by atoms with Crippen molar-refractivity contribution in [3.63, 3.8) is 0 Å². The van der Waals surface area contributed by atoms with Crippen molar-refractivity contribution in [1.29, 1.82) is 0 Å². The molecule has 1 amide bonds. The fourth-order valence-corrected chi connectivity index (χ4v) is 2.37. The summed E-state index contributed by atoms with van der Waals surface area (Å²) in [4.78, 5) is 14.1. The number of benzene rings is 1. The average Bonchev–Trinajstić information content (AvgIpc) is 2.49. The van der Waals surface area contributed by atoms with Gasteiger partial charge in [0.25, 0.3) is 5.91 Å². The molecule has 1 saturated heterocycles. The van der Waals surface area contributed by atoms with Crippen LogP contribution in [0.4, 0.5) is 0 Å². The quantitative estimate of drug-likeness (QED) is 0.903. The van der Waals surface area contributed by atoms with E-state index in [9.17, 15) is 4.79 Å². The lowest BCUT2D eigenvalue weighted by molar-refractivity contribution is -0.145. The third-order valence-electron chi connectivity index (χ3n) is 3.86. The molecule has 1 aromatic rings. The number of ether oxygens (including phenoxy) is 1. The molecule has 1 aliphatic heterocycles. The molecule has 1 heterocycles. The number of hydrogen-bond acceptors (Lipinski definition) is 3. The highest BCUT2D eigenvalue weighted by molar-refractivity contribution is 5.81. The van der Waals surface area contributed by atoms with E-state index in [1.165, 1.54) is 11.1 Å². The third-order valence-corrected chi connectivity index (χ3v) is 3.86. The second kappa shape index (κ2) is 6.86. The second-order valence-corrected chi connectivity index (χ2v) is 5.55. The molecule has 1 aromatic carbocycles. The molecule has 0 aromatic heterocycles. The van der Waals surface area contributed by atoms with Crippen LogP contribution in [0.25, 0.3) is 0 Å². The van der Waals surface area contributed by atoms with E-state index in [0.717, 1.165) is 13.0 Å². The fourth-order valence-electron chi connectivity index (χ4n) is 2.37. The Morgan fingerprint density at radius 3 is 2.75 bits per heavy atom. The Morgan fingerprint density at radius 2 is 2.15 bits per heavy atom. The van der Waals surface area contributed by atoms with Crippen molar-refractivity contribution >= 4 is 5.91 Å². The number of rotatable bonds is 4. The predicted molar refractivity (Wildman–Crippen MR) is 79.7 cm³/mol. The van der Waals surface area contributed by atoms with Crippen molar-refractivity contribution in [3.05, 3.63) is 35.4 Å². The Morgan fingerprint density at radius 1 is 1.45 bits per heavy atom. The molecule has 1 N–H and O–H groups in total. The zero-order valence-corrected chi connectivity index (χ0v) is 12.6. The van der Waals surface area contributed by atoms with E-state index in [-0.39, 0.29) is 18.1 Å². The molecule has 1 fully saturated rings. The van der Waals surface area contributed by atoms with Gasteiger partial charge >= 0.3 is 0 Å². The minimum absolute atomic E-state index is 0.0665. The van der Waals surface area contributed by atoms with Gasteiger partial charge in [-0.1, -0.05) is 29.8 Å². The first-order valence-electron chi connectivity index (χ1n) is 7.22. The van der Waals surface area contributed by atoms with E-state index >= 15 is 0 Å². The van der Waals surface area contributed by atoms with Crippen LogP contribution in [0, 0.1) is 6.92 Å². The first kappa shape index (κ1) is 15.0. The number of nitrogens with one attached hydrogen (secondary N) is 1. The molecule has 2 atom stereocenters. The van der Waals surface area contributed by atoms with Gasteiger partial charge in [0.1, 0.15) is 6.10 Å². The van der Waals surface area contributed by atoms with Crippen LogP contribution in [0.15, 0.2) is 24.3 Å². The standard InChI is InChI=1S/C16H24N2O2/c1-12-4-6-14(7-5-12)10-13(2)18(3)16(19)15-11-17-8-9-20-15/h4-7,13,15,17H,8-11H2,1-3H3. The van der Waals surface area contributed by atoms with Crippen LogP contribution >= 0.6 is 0 Å². The van der Waals surface area contributed by atoms with Crippen LogP contribution in [0.5, 0.6) is 0 Å². The minimum Gasteiger partial charge on any atom is -0.366 e. The molecule has 0 spiro atoms. The van der Waals surface area contributed by atoms with E-state index in [4.69, 9.17) is 4.74 Å². The maximum absolute atomic E-state index is 12.3. The molecule has 0 bridgehead atoms. The van der Waals surface area contributed by atoms with Gasteiger partial charge in [-0.05, 0) is 25.8 Å². The summed E-state index contributed by atoms with van der Waals surface area (Å²) in [6.45, 7) is 6.20. The third kappa shape index (κ3) is 3.81. The van der Waals surface area contributed by atoms with E-state index in [1.807, 2.05) is 7.05 Å². The van der Waals surface area contributed by atoms with Gasteiger partial charge in [-0.15, -0.1) is 0 Å². The molecule has 4 nitrogen and oxygen atoms in total. The maximum atomic E-state index is 12.3. The smallest absolute Gasteiger partial charge is 0.253 e. The lowest BCUT2D eigenvalue weighted by atomic mass is 10.0. The van der Waals surface area contributed by atoms with Gasteiger partial charge in [0.2, 0.25) is 0 Å². The van der Waals surface area contributed by atoms with Crippen molar-refractivity contribution in [2.75, 3.05) is 26.7 Å². The topological polar surface area (TPSA) is 41.6 Å². The van der Waals surface area contributed by atoms with Crippen LogP contribution in [0.3, 0.4) is 0 Å². The molecule has 4 heteroatoms. The summed E-state index contributed by atoms with van der Waals surface area (Å²) in [6, 6.07) is 8.64. The summed E-state index contributed by atoms with van der Waals surface area (Å²) in [5, 5.41) is 3.19. The molecular formula is C16H24N2O2. The van der Waals surface area contributed by atoms with Crippen LogP contribution in [-0.4, -0.2) is 49.7 Å². The highest BCUT2D eigenvalue weighted by Gasteiger charge is 2.27. The number of carbonyl (C=O) groups is 1. The van der Waals surface area contributed by atoms with Crippen molar-refractivity contribution in [2.24, 2.45) is 0 Å². The first-order chi connectivity index (χ1) is 9.58. The number of carbonyl (C=O) groups excluding carboxylic acids is 1. The number of morpholine rings is 1. The largest absolute Gasteiger partial charge is 0.366 e. The van der Waals surface area contributed by atoms with Gasteiger partial charge in [-0.25, -0.2) is 0 Å². The Balaban J connectivity index is 1.91. The van der Waals surface area contributed by atoms with E-state index in [1.54, 1.807) is 4.90 Å². The molecule has 1 aliphatic rings. The van der Waals surface area contributed by atoms with Crippen LogP contribution < -0.4 is 5.32 Å². The van der Waals surface area contributed by atoms with Gasteiger partial charge in [0.15, 0.2) is 0 Å². The van der Waals surface area contributed by atoms with Crippen molar-refractivity contribution < 1.29 is 9.53 Å². The van der Waals surface area contributed by atoms with E-state index in [0.29, 0.717) is 13.2 Å². The summed E-state index contributed by atoms with van der Waals surface area (Å²) >= 11 is 0. The zero-order chi connectivity index (χ0) is 14.5. The molecule has 0 saturated carbocycles. The van der Waals surface area contributed by atoms with Gasteiger partial charge < -0.3 is 15.0 Å². The van der Waals surface area contributed by atoms with Crippen LogP contribution in [0.2, 0.25) is 0 Å². The van der Waals surface area contributed by atoms with E-state index < -0.39 is 0 Å². The summed E-state index contributed by atoms with van der Waals surface area (Å²) in [5.74, 6) is 0.0665. The van der Waals surface area contributed by atoms with Crippen molar-refractivity contribution in [1.82, 2.24) is 10.2 Å². The van der Waals surface area contributed by atoms with Crippen LogP contribution in [0.1, 0.15) is 18.1 Å². The lowest BCUT2D eigenvalue weighted by Crippen LogP contribution is -2.50. The Hall–Kier alpha value is -1.39. The SMILES string of the molecule is Cc1ccc(CC(C)N(C)C(=O)C2CNCCO2)cc1. The maximum Gasteiger partial charge on any atom is 0.253 e. The summed E-state index contributed by atoms with van der Waals surface area (Å²) in [6.07, 6.45) is 0.525. The van der Waals surface area contributed by atoms with Gasteiger partial charge in [0.05, 0.1) is 6.61 Å². The number of nitrogens with zero attached hydrogens (tertiary/aromatic N) is 1. The summed E-state index contributed by atoms with van der Waals surface area (Å²) in [7, 11) is 1.86. The monoisotopic (exact) mass is 276 g/mol. The normalized spacial score (nSPS) is 20.4. The van der Waals surface area contributed by atoms with Gasteiger partial charge in [-0.2, -0.15) is 0 Å².